The number of nitrogens with one attached hydrogen (secondary N) is 4. The second kappa shape index (κ2) is 10.9. The highest BCUT2D eigenvalue weighted by atomic mass is 32.1. The Hall–Kier alpha value is -2.76. The second-order valence-electron chi connectivity index (χ2n) is 11.9. The van der Waals surface area contributed by atoms with Gasteiger partial charge >= 0.3 is 0 Å². The molecule has 0 aliphatic carbocycles. The summed E-state index contributed by atoms with van der Waals surface area (Å²) in [6.07, 6.45) is 4.18. The number of carbonyl (C=O) groups excluding carboxylic acids is 1. The van der Waals surface area contributed by atoms with Crippen molar-refractivity contribution < 1.29 is 9.53 Å². The molecule has 4 saturated heterocycles. The van der Waals surface area contributed by atoms with Crippen LogP contribution in [0, 0.1) is 5.41 Å². The van der Waals surface area contributed by atoms with Gasteiger partial charge in [0.05, 0.1) is 23.5 Å². The predicted octanol–water partition coefficient (Wildman–Crippen LogP) is 2.66. The highest BCUT2D eigenvalue weighted by Crippen LogP contribution is 2.42. The molecule has 4 unspecified atom stereocenters. The maximum Gasteiger partial charge on any atom is 0.235 e. The van der Waals surface area contributed by atoms with Gasteiger partial charge in [-0.15, -0.1) is 11.3 Å². The Morgan fingerprint density at radius 3 is 2.75 bits per heavy atom. The molecule has 1 spiro atoms. The van der Waals surface area contributed by atoms with Gasteiger partial charge in [0, 0.05) is 49.9 Å². The first kappa shape index (κ1) is 26.2. The number of nitrogens with zero attached hydrogens (tertiary/aromatic N) is 3. The molecule has 4 aliphatic heterocycles. The molecular formula is C30H39N7O2S. The van der Waals surface area contributed by atoms with E-state index < -0.39 is 0 Å². The largest absolute Gasteiger partial charge is 0.497 e. The summed E-state index contributed by atoms with van der Waals surface area (Å²) in [6.45, 7) is 6.03. The fourth-order valence-corrected chi connectivity index (χ4v) is 8.13. The standard InChI is InChI=1S/C30H39N7O2S/c1-39-22-10-8-21(9-11-22)36-15-12-30(18-36)13-16-37(19-30)29-34-26(32-20-5-4-14-31-17-20)25(27(38)35-29)28-33-23-6-2-3-7-24(23)40-28/h2-3,6-11,20,25-26,29,31-32,34H,4-5,12-19H2,1H3,(H,35,38)/t20-,25?,26?,29?,30?/m1/s1. The Morgan fingerprint density at radius 1 is 1.10 bits per heavy atom. The number of thiazole rings is 1. The van der Waals surface area contributed by atoms with Gasteiger partial charge in [-0.25, -0.2) is 4.98 Å². The average molecular weight is 562 g/mol. The molecule has 0 bridgehead atoms. The Labute approximate surface area is 239 Å². The Morgan fingerprint density at radius 2 is 1.95 bits per heavy atom. The van der Waals surface area contributed by atoms with Crippen molar-refractivity contribution in [2.24, 2.45) is 5.41 Å². The minimum absolute atomic E-state index is 0.0521. The Bertz CT molecular complexity index is 1310. The number of rotatable bonds is 6. The number of piperidine rings is 1. The molecule has 2 aromatic carbocycles. The van der Waals surface area contributed by atoms with E-state index in [-0.39, 0.29) is 29.7 Å². The number of fused-ring (bicyclic) bond motifs is 1. The second-order valence-corrected chi connectivity index (χ2v) is 12.9. The van der Waals surface area contributed by atoms with Crippen molar-refractivity contribution >= 4 is 33.1 Å². The molecule has 5 atom stereocenters. The summed E-state index contributed by atoms with van der Waals surface area (Å²) in [7, 11) is 1.71. The van der Waals surface area contributed by atoms with Crippen LogP contribution >= 0.6 is 11.3 Å². The first-order chi connectivity index (χ1) is 19.6. The Balaban J connectivity index is 1.07. The van der Waals surface area contributed by atoms with E-state index in [0.717, 1.165) is 79.5 Å². The first-order valence-electron chi connectivity index (χ1n) is 14.6. The van der Waals surface area contributed by atoms with Crippen LogP contribution in [0.3, 0.4) is 0 Å². The molecule has 0 saturated carbocycles. The van der Waals surface area contributed by atoms with Crippen LogP contribution in [0.5, 0.6) is 5.75 Å². The van der Waals surface area contributed by atoms with Crippen LogP contribution in [-0.2, 0) is 4.79 Å². The van der Waals surface area contributed by atoms with Gasteiger partial charge in [0.25, 0.3) is 0 Å². The number of para-hydroxylation sites is 1. The molecule has 1 aromatic heterocycles. The van der Waals surface area contributed by atoms with Crippen molar-refractivity contribution in [3.8, 4) is 5.75 Å². The van der Waals surface area contributed by atoms with E-state index in [1.165, 1.54) is 12.1 Å². The van der Waals surface area contributed by atoms with Gasteiger partial charge in [-0.2, -0.15) is 0 Å². The number of methoxy groups -OCH3 is 1. The molecule has 1 amide bonds. The number of ether oxygens (including phenoxy) is 1. The van der Waals surface area contributed by atoms with Crippen LogP contribution in [0.2, 0.25) is 0 Å². The van der Waals surface area contributed by atoms with Gasteiger partial charge in [0.1, 0.15) is 23.0 Å². The average Bonchev–Trinajstić information content (AvgIpc) is 3.72. The van der Waals surface area contributed by atoms with E-state index in [4.69, 9.17) is 9.72 Å². The van der Waals surface area contributed by atoms with Gasteiger partial charge in [-0.3, -0.25) is 20.3 Å². The third-order valence-electron chi connectivity index (χ3n) is 9.23. The van der Waals surface area contributed by atoms with Crippen LogP contribution in [0.1, 0.15) is 36.6 Å². The molecule has 9 nitrogen and oxygen atoms in total. The zero-order valence-electron chi connectivity index (χ0n) is 23.1. The zero-order valence-corrected chi connectivity index (χ0v) is 23.9. The number of hydrogen-bond donors (Lipinski definition) is 4. The lowest BCUT2D eigenvalue weighted by Crippen LogP contribution is -2.70. The molecule has 5 heterocycles. The molecule has 7 rings (SSSR count). The van der Waals surface area contributed by atoms with E-state index in [1.54, 1.807) is 18.4 Å². The van der Waals surface area contributed by atoms with E-state index in [0.29, 0.717) is 6.04 Å². The molecular weight excluding hydrogens is 522 g/mol. The van der Waals surface area contributed by atoms with Crippen LogP contribution in [0.25, 0.3) is 10.2 Å². The van der Waals surface area contributed by atoms with Crippen LogP contribution in [0.4, 0.5) is 5.69 Å². The van der Waals surface area contributed by atoms with Crippen molar-refractivity contribution in [1.82, 2.24) is 31.2 Å². The summed E-state index contributed by atoms with van der Waals surface area (Å²) >= 11 is 1.63. The van der Waals surface area contributed by atoms with Gasteiger partial charge in [0.2, 0.25) is 5.91 Å². The van der Waals surface area contributed by atoms with Gasteiger partial charge in [-0.1, -0.05) is 12.1 Å². The van der Waals surface area contributed by atoms with Crippen LogP contribution in [0.15, 0.2) is 48.5 Å². The predicted molar refractivity (Wildman–Crippen MR) is 159 cm³/mol. The summed E-state index contributed by atoms with van der Waals surface area (Å²) < 4.78 is 6.46. The first-order valence-corrected chi connectivity index (χ1v) is 15.4. The third kappa shape index (κ3) is 5.07. The number of benzene rings is 2. The van der Waals surface area contributed by atoms with Crippen molar-refractivity contribution in [2.75, 3.05) is 51.3 Å². The maximum atomic E-state index is 13.8. The van der Waals surface area contributed by atoms with E-state index in [9.17, 15) is 4.79 Å². The van der Waals surface area contributed by atoms with Crippen LogP contribution < -0.4 is 30.9 Å². The molecule has 4 fully saturated rings. The molecule has 3 aromatic rings. The van der Waals surface area contributed by atoms with Crippen LogP contribution in [-0.4, -0.2) is 80.7 Å². The SMILES string of the molecule is COc1ccc(N2CCC3(CCN(C4NC(=O)C(c5nc6ccccc6s5)C(N[C@@H]5CCCNC5)N4)C3)C2)cc1. The highest BCUT2D eigenvalue weighted by molar-refractivity contribution is 7.18. The fraction of sp³-hybridized carbons (Fsp3) is 0.533. The highest BCUT2D eigenvalue weighted by Gasteiger charge is 2.48. The molecule has 0 radical (unpaired) electrons. The number of likely N-dealkylation sites (tertiary alicyclic amines) is 1. The molecule has 40 heavy (non-hydrogen) atoms. The van der Waals surface area contributed by atoms with Crippen molar-refractivity contribution in [2.45, 2.75) is 50.1 Å². The fourth-order valence-electron chi connectivity index (χ4n) is 7.02. The Kier molecular flexibility index (Phi) is 7.13. The summed E-state index contributed by atoms with van der Waals surface area (Å²) in [6, 6.07) is 16.9. The number of hydrogen-bond acceptors (Lipinski definition) is 9. The lowest BCUT2D eigenvalue weighted by Gasteiger charge is -2.43. The van der Waals surface area contributed by atoms with E-state index >= 15 is 0 Å². The molecule has 212 valence electrons. The molecule has 4 aliphatic rings. The van der Waals surface area contributed by atoms with Crippen molar-refractivity contribution in [3.63, 3.8) is 0 Å². The van der Waals surface area contributed by atoms with E-state index in [1.807, 2.05) is 30.3 Å². The summed E-state index contributed by atoms with van der Waals surface area (Å²) in [4.78, 5) is 23.6. The normalized spacial score (nSPS) is 31.2. The number of amides is 1. The van der Waals surface area contributed by atoms with Crippen molar-refractivity contribution in [1.29, 1.82) is 0 Å². The molecule has 10 heteroatoms. The monoisotopic (exact) mass is 561 g/mol. The number of aromatic nitrogens is 1. The minimum atomic E-state index is -0.371. The van der Waals surface area contributed by atoms with Gasteiger partial charge in [-0.05, 0) is 68.6 Å². The van der Waals surface area contributed by atoms with E-state index in [2.05, 4.69) is 49.3 Å². The smallest absolute Gasteiger partial charge is 0.235 e. The number of anilines is 1. The molecule has 4 N–H and O–H groups in total. The van der Waals surface area contributed by atoms with Gasteiger partial charge < -0.3 is 20.3 Å². The lowest BCUT2D eigenvalue weighted by atomic mass is 9.86. The summed E-state index contributed by atoms with van der Waals surface area (Å²) in [5, 5.41) is 15.4. The lowest BCUT2D eigenvalue weighted by molar-refractivity contribution is -0.129. The zero-order chi connectivity index (χ0) is 27.1. The summed E-state index contributed by atoms with van der Waals surface area (Å²) in [5.41, 5.74) is 2.45. The third-order valence-corrected chi connectivity index (χ3v) is 10.3. The summed E-state index contributed by atoms with van der Waals surface area (Å²) in [5.74, 6) is 0.570. The quantitative estimate of drug-likeness (QED) is 0.365. The number of carbonyl (C=O) groups is 1. The van der Waals surface area contributed by atoms with Gasteiger partial charge in [0.15, 0.2) is 0 Å². The maximum absolute atomic E-state index is 13.8. The minimum Gasteiger partial charge on any atom is -0.497 e. The van der Waals surface area contributed by atoms with Crippen molar-refractivity contribution in [3.05, 3.63) is 53.5 Å². The topological polar surface area (TPSA) is 93.8 Å².